The van der Waals surface area contributed by atoms with Gasteiger partial charge in [-0.05, 0) is 30.3 Å². The van der Waals surface area contributed by atoms with Crippen molar-refractivity contribution in [3.05, 3.63) is 48.4 Å². The van der Waals surface area contributed by atoms with E-state index in [9.17, 15) is 4.79 Å². The van der Waals surface area contributed by atoms with Gasteiger partial charge < -0.3 is 14.9 Å². The largest absolute Gasteiger partial charge is 0.497 e. The van der Waals surface area contributed by atoms with Gasteiger partial charge in [-0.2, -0.15) is 4.68 Å². The molecule has 4 rings (SSSR count). The van der Waals surface area contributed by atoms with Crippen LogP contribution in [0.1, 0.15) is 10.6 Å². The van der Waals surface area contributed by atoms with Gasteiger partial charge in [0.1, 0.15) is 5.75 Å². The molecule has 1 aromatic carbocycles. The minimum absolute atomic E-state index is 0.168. The van der Waals surface area contributed by atoms with E-state index in [-0.39, 0.29) is 11.6 Å². The number of pyridine rings is 1. The summed E-state index contributed by atoms with van der Waals surface area (Å²) in [5, 5.41) is 5.60. The fourth-order valence-corrected chi connectivity index (χ4v) is 2.47. The summed E-state index contributed by atoms with van der Waals surface area (Å²) >= 11 is 0. The molecule has 0 radical (unpaired) electrons. The van der Waals surface area contributed by atoms with E-state index in [1.54, 1.807) is 25.3 Å². The Morgan fingerprint density at radius 2 is 2.17 bits per heavy atom. The van der Waals surface area contributed by atoms with Crippen LogP contribution in [0.15, 0.2) is 47.1 Å². The minimum Gasteiger partial charge on any atom is -0.497 e. The summed E-state index contributed by atoms with van der Waals surface area (Å²) in [6.07, 6.45) is 1.43. The van der Waals surface area contributed by atoms with E-state index in [4.69, 9.17) is 14.9 Å². The van der Waals surface area contributed by atoms with Crippen LogP contribution in [0.25, 0.3) is 21.9 Å². The topological polar surface area (TPSA) is 96.2 Å². The summed E-state index contributed by atoms with van der Waals surface area (Å²) in [5.74, 6) is 0.666. The number of aromatic nitrogens is 3. The van der Waals surface area contributed by atoms with E-state index >= 15 is 0 Å². The molecule has 7 nitrogen and oxygen atoms in total. The maximum Gasteiger partial charge on any atom is 0.315 e. The quantitative estimate of drug-likeness (QED) is 0.611. The molecule has 7 heteroatoms. The molecule has 3 aromatic heterocycles. The highest BCUT2D eigenvalue weighted by Gasteiger charge is 2.19. The Bertz CT molecular complexity index is 1030. The van der Waals surface area contributed by atoms with Crippen LogP contribution >= 0.6 is 0 Å². The predicted octanol–water partition coefficient (Wildman–Crippen LogP) is 2.46. The summed E-state index contributed by atoms with van der Waals surface area (Å²) in [6, 6.07) is 10.6. The van der Waals surface area contributed by atoms with Crippen molar-refractivity contribution < 1.29 is 13.9 Å². The van der Waals surface area contributed by atoms with Crippen molar-refractivity contribution in [3.63, 3.8) is 0 Å². The smallest absolute Gasteiger partial charge is 0.315 e. The maximum absolute atomic E-state index is 12.5. The number of nitrogens with two attached hydrogens (primary N) is 1. The number of anilines is 1. The molecule has 0 aliphatic heterocycles. The van der Waals surface area contributed by atoms with Gasteiger partial charge in [0.15, 0.2) is 17.2 Å². The van der Waals surface area contributed by atoms with Gasteiger partial charge in [0, 0.05) is 11.5 Å². The van der Waals surface area contributed by atoms with Crippen LogP contribution in [0.3, 0.4) is 0 Å². The van der Waals surface area contributed by atoms with Crippen molar-refractivity contribution >= 4 is 33.7 Å². The highest BCUT2D eigenvalue weighted by atomic mass is 16.5. The number of benzene rings is 1. The van der Waals surface area contributed by atoms with Gasteiger partial charge in [-0.15, -0.1) is 5.10 Å². The second-order valence-corrected chi connectivity index (χ2v) is 5.00. The zero-order valence-corrected chi connectivity index (χ0v) is 12.2. The average molecular weight is 308 g/mol. The first-order valence-electron chi connectivity index (χ1n) is 6.88. The van der Waals surface area contributed by atoms with Gasteiger partial charge in [0.25, 0.3) is 0 Å². The highest BCUT2D eigenvalue weighted by Crippen LogP contribution is 2.27. The Labute approximate surface area is 130 Å². The number of nitrogens with zero attached hydrogens (tertiary/aromatic N) is 3. The molecule has 0 unspecified atom stereocenters. The number of fused-ring (bicyclic) bond motifs is 2. The molecule has 0 saturated heterocycles. The lowest BCUT2D eigenvalue weighted by atomic mass is 10.2. The van der Waals surface area contributed by atoms with Crippen molar-refractivity contribution in [1.29, 1.82) is 0 Å². The number of ether oxygens (including phenoxy) is 1. The molecule has 114 valence electrons. The number of hydrogen-bond acceptors (Lipinski definition) is 6. The third-order valence-corrected chi connectivity index (χ3v) is 3.61. The summed E-state index contributed by atoms with van der Waals surface area (Å²) in [7, 11) is 1.59. The number of carbonyl (C=O) groups excluding carboxylic acids is 1. The molecule has 3 heterocycles. The van der Waals surface area contributed by atoms with Crippen molar-refractivity contribution in [2.75, 3.05) is 12.8 Å². The Kier molecular flexibility index (Phi) is 2.80. The number of rotatable bonds is 2. The van der Waals surface area contributed by atoms with Gasteiger partial charge in [-0.25, -0.2) is 4.98 Å². The Morgan fingerprint density at radius 1 is 1.30 bits per heavy atom. The second-order valence-electron chi connectivity index (χ2n) is 5.00. The van der Waals surface area contributed by atoms with E-state index in [2.05, 4.69) is 10.1 Å². The monoisotopic (exact) mass is 308 g/mol. The summed E-state index contributed by atoms with van der Waals surface area (Å²) < 4.78 is 11.5. The molecule has 0 saturated carbocycles. The standard InChI is InChI=1S/C16H12N4O3/c1-22-10-5-4-9-7-11-14(17)19-20(15(11)18-12(9)8-10)16(21)13-3-2-6-23-13/h2-8H,1H3,(H2,17,19). The van der Waals surface area contributed by atoms with Crippen LogP contribution in [0.2, 0.25) is 0 Å². The molecule has 23 heavy (non-hydrogen) atoms. The summed E-state index contributed by atoms with van der Waals surface area (Å²) in [6.45, 7) is 0. The third kappa shape index (κ3) is 2.02. The van der Waals surface area contributed by atoms with E-state index in [1.165, 1.54) is 6.26 Å². The molecule has 2 N–H and O–H groups in total. The molecule has 0 amide bonds. The highest BCUT2D eigenvalue weighted by molar-refractivity contribution is 6.04. The van der Waals surface area contributed by atoms with Gasteiger partial charge in [0.2, 0.25) is 0 Å². The molecular weight excluding hydrogens is 296 g/mol. The Morgan fingerprint density at radius 3 is 2.91 bits per heavy atom. The molecule has 0 fully saturated rings. The average Bonchev–Trinajstić information content (AvgIpc) is 3.21. The Balaban J connectivity index is 1.98. The lowest BCUT2D eigenvalue weighted by molar-refractivity contribution is 0.0922. The van der Waals surface area contributed by atoms with Crippen LogP contribution in [-0.4, -0.2) is 27.8 Å². The molecule has 4 aromatic rings. The first kappa shape index (κ1) is 13.3. The second kappa shape index (κ2) is 4.84. The van der Waals surface area contributed by atoms with Crippen LogP contribution in [0.4, 0.5) is 5.82 Å². The van der Waals surface area contributed by atoms with Crippen molar-refractivity contribution in [2.45, 2.75) is 0 Å². The minimum atomic E-state index is -0.425. The fourth-order valence-electron chi connectivity index (χ4n) is 2.47. The number of carbonyl (C=O) groups is 1. The van der Waals surface area contributed by atoms with Gasteiger partial charge in [0.05, 0.1) is 24.3 Å². The van der Waals surface area contributed by atoms with Crippen LogP contribution in [0.5, 0.6) is 5.75 Å². The number of methoxy groups -OCH3 is 1. The molecule has 0 atom stereocenters. The first-order chi connectivity index (χ1) is 11.2. The van der Waals surface area contributed by atoms with Crippen molar-refractivity contribution in [3.8, 4) is 5.75 Å². The van der Waals surface area contributed by atoms with Gasteiger partial charge >= 0.3 is 5.91 Å². The van der Waals surface area contributed by atoms with E-state index in [1.807, 2.05) is 18.2 Å². The number of furan rings is 1. The van der Waals surface area contributed by atoms with Crippen molar-refractivity contribution in [1.82, 2.24) is 14.8 Å². The number of hydrogen-bond donors (Lipinski definition) is 1. The van der Waals surface area contributed by atoms with Gasteiger partial charge in [-0.3, -0.25) is 4.79 Å². The molecular formula is C16H12N4O3. The van der Waals surface area contributed by atoms with Crippen LogP contribution in [-0.2, 0) is 0 Å². The fraction of sp³-hybridized carbons (Fsp3) is 0.0625. The van der Waals surface area contributed by atoms with Crippen LogP contribution < -0.4 is 10.5 Å². The van der Waals surface area contributed by atoms with Crippen LogP contribution in [0, 0.1) is 0 Å². The molecule has 0 aliphatic rings. The summed E-state index contributed by atoms with van der Waals surface area (Å²) in [4.78, 5) is 17.0. The molecule has 0 bridgehead atoms. The van der Waals surface area contributed by atoms with E-state index in [0.717, 1.165) is 10.1 Å². The SMILES string of the molecule is COc1ccc2cc3c(N)nn(C(=O)c4ccco4)c3nc2c1. The summed E-state index contributed by atoms with van der Waals surface area (Å²) in [5.41, 5.74) is 7.00. The lowest BCUT2D eigenvalue weighted by Gasteiger charge is -2.03. The van der Waals surface area contributed by atoms with Gasteiger partial charge in [-0.1, -0.05) is 0 Å². The molecule has 0 aliphatic carbocycles. The number of nitrogen functional groups attached to an aromatic ring is 1. The zero-order valence-electron chi connectivity index (χ0n) is 12.2. The lowest BCUT2D eigenvalue weighted by Crippen LogP contribution is -2.13. The normalized spacial score (nSPS) is 11.2. The third-order valence-electron chi connectivity index (χ3n) is 3.61. The Hall–Kier alpha value is -3.35. The predicted molar refractivity (Wildman–Crippen MR) is 84.4 cm³/mol. The zero-order chi connectivity index (χ0) is 16.0. The molecule has 0 spiro atoms. The van der Waals surface area contributed by atoms with E-state index < -0.39 is 5.91 Å². The first-order valence-corrected chi connectivity index (χ1v) is 6.88. The van der Waals surface area contributed by atoms with E-state index in [0.29, 0.717) is 22.3 Å². The van der Waals surface area contributed by atoms with Crippen molar-refractivity contribution in [2.24, 2.45) is 0 Å². The maximum atomic E-state index is 12.5.